The summed E-state index contributed by atoms with van der Waals surface area (Å²) >= 11 is 0. The van der Waals surface area contributed by atoms with Crippen LogP contribution in [-0.4, -0.2) is 27.5 Å². The number of nitrogens with zero attached hydrogens (tertiary/aromatic N) is 2. The van der Waals surface area contributed by atoms with Gasteiger partial charge >= 0.3 is 5.69 Å². The summed E-state index contributed by atoms with van der Waals surface area (Å²) in [6.45, 7) is 1.83. The van der Waals surface area contributed by atoms with Crippen LogP contribution in [0.3, 0.4) is 0 Å². The van der Waals surface area contributed by atoms with Gasteiger partial charge in [-0.3, -0.25) is 14.8 Å². The third kappa shape index (κ3) is 2.73. The van der Waals surface area contributed by atoms with Crippen molar-refractivity contribution in [3.05, 3.63) is 80.5 Å². The number of aromatic hydroxyl groups is 1. The number of benzene rings is 2. The van der Waals surface area contributed by atoms with E-state index in [1.54, 1.807) is 30.3 Å². The second-order valence-corrected chi connectivity index (χ2v) is 6.28. The van der Waals surface area contributed by atoms with Gasteiger partial charge in [-0.2, -0.15) is 0 Å². The summed E-state index contributed by atoms with van der Waals surface area (Å²) in [5, 5.41) is 10.8. The molecule has 7 heteroatoms. The Labute approximate surface area is 159 Å². The average molecular weight is 375 g/mol. The van der Waals surface area contributed by atoms with Crippen LogP contribution in [0.15, 0.2) is 63.1 Å². The lowest BCUT2D eigenvalue weighted by Gasteiger charge is -2.13. The van der Waals surface area contributed by atoms with Gasteiger partial charge in [-0.05, 0) is 31.2 Å². The number of nitrogens with one attached hydrogen (secondary N) is 1. The van der Waals surface area contributed by atoms with Gasteiger partial charge in [0.25, 0.3) is 5.56 Å². The predicted octanol–water partition coefficient (Wildman–Crippen LogP) is 2.89. The smallest absolute Gasteiger partial charge is 0.335 e. The average Bonchev–Trinajstić information content (AvgIpc) is 3.00. The number of allylic oxidation sites excluding steroid dienone is 1. The van der Waals surface area contributed by atoms with E-state index in [1.807, 2.05) is 31.2 Å². The summed E-state index contributed by atoms with van der Waals surface area (Å²) in [6.07, 6.45) is 1.55. The quantitative estimate of drug-likeness (QED) is 0.736. The van der Waals surface area contributed by atoms with Crippen LogP contribution in [0.5, 0.6) is 11.6 Å². The standard InChI is InChI=1S/C21H17N3O4/c1-12-14(13-7-3-4-8-16(13)22-12)11-15-19(25)23-21(27)24(20(15)26)17-9-5-6-10-18(17)28-2/h3-11,26H,1-2H3,(H,23,25,27). The molecule has 0 atom stereocenters. The molecular formula is C21H17N3O4. The second kappa shape index (κ2) is 6.70. The number of para-hydroxylation sites is 3. The molecule has 2 N–H and O–H groups in total. The molecule has 2 heterocycles. The topological polar surface area (TPSA) is 96.7 Å². The normalized spacial score (nSPS) is 14.1. The van der Waals surface area contributed by atoms with Gasteiger partial charge in [0.15, 0.2) is 0 Å². The van der Waals surface area contributed by atoms with Crippen molar-refractivity contribution in [3.8, 4) is 17.3 Å². The largest absolute Gasteiger partial charge is 0.495 e. The van der Waals surface area contributed by atoms with E-state index in [1.165, 1.54) is 7.11 Å². The molecule has 1 aliphatic heterocycles. The van der Waals surface area contributed by atoms with Crippen LogP contribution in [0.25, 0.3) is 17.3 Å². The molecule has 0 amide bonds. The Morgan fingerprint density at radius 1 is 1.11 bits per heavy atom. The van der Waals surface area contributed by atoms with Crippen molar-refractivity contribution >= 4 is 23.0 Å². The van der Waals surface area contributed by atoms with Gasteiger partial charge in [0.2, 0.25) is 5.88 Å². The van der Waals surface area contributed by atoms with E-state index in [9.17, 15) is 14.7 Å². The van der Waals surface area contributed by atoms with E-state index in [4.69, 9.17) is 4.74 Å². The van der Waals surface area contributed by atoms with E-state index >= 15 is 0 Å². The lowest BCUT2D eigenvalue weighted by molar-refractivity contribution is 0.401. The maximum Gasteiger partial charge on any atom is 0.335 e. The monoisotopic (exact) mass is 375 g/mol. The number of hydrogen-bond acceptors (Lipinski definition) is 5. The summed E-state index contributed by atoms with van der Waals surface area (Å²) in [5.74, 6) is -0.0857. The number of ether oxygens (including phenoxy) is 1. The Bertz CT molecular complexity index is 1270. The van der Waals surface area contributed by atoms with Crippen LogP contribution in [0.1, 0.15) is 18.1 Å². The van der Waals surface area contributed by atoms with Crippen molar-refractivity contribution in [1.82, 2.24) is 9.55 Å². The molecule has 0 saturated carbocycles. The molecule has 0 unspecified atom stereocenters. The summed E-state index contributed by atoms with van der Waals surface area (Å²) in [5.41, 5.74) is 1.92. The first kappa shape index (κ1) is 17.5. The van der Waals surface area contributed by atoms with Crippen LogP contribution >= 0.6 is 0 Å². The van der Waals surface area contributed by atoms with E-state index in [0.29, 0.717) is 17.0 Å². The Kier molecular flexibility index (Phi) is 4.19. The molecule has 1 aliphatic rings. The number of aromatic nitrogens is 2. The van der Waals surface area contributed by atoms with Crippen LogP contribution in [0.4, 0.5) is 5.69 Å². The highest BCUT2D eigenvalue weighted by molar-refractivity contribution is 6.31. The minimum absolute atomic E-state index is 0.0354. The van der Waals surface area contributed by atoms with Crippen molar-refractivity contribution in [1.29, 1.82) is 0 Å². The Hall–Kier alpha value is -3.87. The fourth-order valence-electron chi connectivity index (χ4n) is 3.27. The van der Waals surface area contributed by atoms with E-state index in [-0.39, 0.29) is 5.56 Å². The number of aliphatic imine (C=N–C) groups is 1. The van der Waals surface area contributed by atoms with Crippen LogP contribution in [0, 0.1) is 0 Å². The minimum Gasteiger partial charge on any atom is -0.495 e. The van der Waals surface area contributed by atoms with Gasteiger partial charge in [0.1, 0.15) is 11.3 Å². The van der Waals surface area contributed by atoms with Crippen molar-refractivity contribution in [2.45, 2.75) is 6.92 Å². The highest BCUT2D eigenvalue weighted by Crippen LogP contribution is 2.36. The zero-order valence-electron chi connectivity index (χ0n) is 15.3. The summed E-state index contributed by atoms with van der Waals surface area (Å²) < 4.78 is 6.29. The molecular weight excluding hydrogens is 358 g/mol. The van der Waals surface area contributed by atoms with Crippen LogP contribution in [0.2, 0.25) is 0 Å². The van der Waals surface area contributed by atoms with Gasteiger partial charge in [0, 0.05) is 16.8 Å². The van der Waals surface area contributed by atoms with Crippen molar-refractivity contribution in [3.63, 3.8) is 0 Å². The summed E-state index contributed by atoms with van der Waals surface area (Å²) in [4.78, 5) is 31.6. The number of fused-ring (bicyclic) bond motifs is 1. The molecule has 0 radical (unpaired) electrons. The molecule has 140 valence electrons. The van der Waals surface area contributed by atoms with Gasteiger partial charge in [-0.25, -0.2) is 9.36 Å². The molecule has 7 nitrogen and oxygen atoms in total. The number of rotatable bonds is 3. The lowest BCUT2D eigenvalue weighted by Crippen LogP contribution is -2.30. The molecule has 1 aromatic heterocycles. The first-order valence-electron chi connectivity index (χ1n) is 8.59. The SMILES string of the molecule is COc1ccccc1-n1c(O)c(C=C2C(C)=Nc3ccccc32)c(=O)[nH]c1=O. The molecule has 0 aliphatic carbocycles. The number of aromatic amines is 1. The highest BCUT2D eigenvalue weighted by Gasteiger charge is 2.21. The Morgan fingerprint density at radius 3 is 2.61 bits per heavy atom. The number of hydrogen-bond donors (Lipinski definition) is 2. The third-order valence-corrected chi connectivity index (χ3v) is 4.61. The maximum absolute atomic E-state index is 12.5. The predicted molar refractivity (Wildman–Crippen MR) is 108 cm³/mol. The highest BCUT2D eigenvalue weighted by atomic mass is 16.5. The first-order valence-corrected chi connectivity index (χ1v) is 8.59. The Balaban J connectivity index is 1.97. The van der Waals surface area contributed by atoms with E-state index in [2.05, 4.69) is 9.98 Å². The lowest BCUT2D eigenvalue weighted by atomic mass is 10.0. The molecule has 0 spiro atoms. The Morgan fingerprint density at radius 2 is 1.82 bits per heavy atom. The zero-order valence-corrected chi connectivity index (χ0v) is 15.3. The summed E-state index contributed by atoms with van der Waals surface area (Å²) in [6, 6.07) is 14.3. The minimum atomic E-state index is -0.758. The second-order valence-electron chi connectivity index (χ2n) is 6.28. The van der Waals surface area contributed by atoms with Gasteiger partial charge in [0.05, 0.1) is 18.5 Å². The molecule has 0 fully saturated rings. The third-order valence-electron chi connectivity index (χ3n) is 4.61. The number of H-pyrrole nitrogens is 1. The fraction of sp³-hybridized carbons (Fsp3) is 0.0952. The molecule has 3 aromatic rings. The van der Waals surface area contributed by atoms with Gasteiger partial charge in [-0.15, -0.1) is 0 Å². The van der Waals surface area contributed by atoms with Crippen molar-refractivity contribution in [2.75, 3.05) is 7.11 Å². The summed E-state index contributed by atoms with van der Waals surface area (Å²) in [7, 11) is 1.46. The van der Waals surface area contributed by atoms with Gasteiger partial charge < -0.3 is 9.84 Å². The number of methoxy groups -OCH3 is 1. The zero-order chi connectivity index (χ0) is 19.8. The fourth-order valence-corrected chi connectivity index (χ4v) is 3.27. The molecule has 0 saturated heterocycles. The first-order chi connectivity index (χ1) is 13.5. The molecule has 28 heavy (non-hydrogen) atoms. The molecule has 4 rings (SSSR count). The molecule has 2 aromatic carbocycles. The van der Waals surface area contributed by atoms with Gasteiger partial charge in [-0.1, -0.05) is 30.3 Å². The van der Waals surface area contributed by atoms with Crippen LogP contribution < -0.4 is 16.0 Å². The van der Waals surface area contributed by atoms with Crippen molar-refractivity contribution in [2.24, 2.45) is 4.99 Å². The van der Waals surface area contributed by atoms with E-state index in [0.717, 1.165) is 21.5 Å². The van der Waals surface area contributed by atoms with Crippen molar-refractivity contribution < 1.29 is 9.84 Å². The van der Waals surface area contributed by atoms with E-state index < -0.39 is 17.1 Å². The van der Waals surface area contributed by atoms with Crippen LogP contribution in [-0.2, 0) is 0 Å². The maximum atomic E-state index is 12.5. The molecule has 0 bridgehead atoms.